The van der Waals surface area contributed by atoms with Gasteiger partial charge in [-0.3, -0.25) is 9.69 Å². The SMILES string of the molecule is CC#CCN1CCCC1c1cc(-c2ccc(C(=O)Nc3cc(C4CC4)ccn3)cc2F)cc2cncnc12. The van der Waals surface area contributed by atoms with Crippen molar-refractivity contribution >= 4 is 22.6 Å². The lowest BCUT2D eigenvalue weighted by Crippen LogP contribution is -2.24. The van der Waals surface area contributed by atoms with Crippen LogP contribution in [0.15, 0.2) is 61.2 Å². The lowest BCUT2D eigenvalue weighted by atomic mass is 9.94. The van der Waals surface area contributed by atoms with Crippen LogP contribution >= 0.6 is 0 Å². The first-order valence-electron chi connectivity index (χ1n) is 13.1. The van der Waals surface area contributed by atoms with Gasteiger partial charge in [-0.15, -0.1) is 5.92 Å². The van der Waals surface area contributed by atoms with Gasteiger partial charge in [0.1, 0.15) is 18.0 Å². The van der Waals surface area contributed by atoms with Crippen molar-refractivity contribution in [3.63, 3.8) is 0 Å². The molecule has 2 fully saturated rings. The standard InChI is InChI=1S/C31H28FN5O/c1-2-3-12-37-13-4-5-28(37)26-15-23(14-24-18-33-19-35-30(24)26)25-9-8-22(16-27(25)32)31(38)36-29-17-21(10-11-34-29)20-6-7-20/h8-11,14-20,28H,4-7,12-13H2,1H3,(H,34,36,38). The number of likely N-dealkylation sites (tertiary alicyclic amines) is 1. The zero-order valence-electron chi connectivity index (χ0n) is 21.2. The number of carbonyl (C=O) groups is 1. The van der Waals surface area contributed by atoms with E-state index in [2.05, 4.69) is 37.0 Å². The highest BCUT2D eigenvalue weighted by molar-refractivity contribution is 6.04. The molecule has 38 heavy (non-hydrogen) atoms. The second-order valence-electron chi connectivity index (χ2n) is 9.98. The van der Waals surface area contributed by atoms with Gasteiger partial charge in [-0.25, -0.2) is 19.3 Å². The molecule has 1 amide bonds. The van der Waals surface area contributed by atoms with Crippen LogP contribution in [0.1, 0.15) is 66.1 Å². The van der Waals surface area contributed by atoms with E-state index in [1.54, 1.807) is 30.9 Å². The number of hydrogen-bond acceptors (Lipinski definition) is 5. The Hall–Kier alpha value is -4.15. The second kappa shape index (κ2) is 10.3. The predicted molar refractivity (Wildman–Crippen MR) is 146 cm³/mol. The van der Waals surface area contributed by atoms with Crippen LogP contribution in [0.5, 0.6) is 0 Å². The van der Waals surface area contributed by atoms with Crippen molar-refractivity contribution in [2.75, 3.05) is 18.4 Å². The van der Waals surface area contributed by atoms with Crippen molar-refractivity contribution in [3.05, 3.63) is 83.7 Å². The number of halogens is 1. The molecule has 6 rings (SSSR count). The van der Waals surface area contributed by atoms with Crippen molar-refractivity contribution in [2.24, 2.45) is 0 Å². The normalized spacial score (nSPS) is 17.3. The molecule has 1 saturated carbocycles. The number of carbonyl (C=O) groups excluding carboxylic acids is 1. The molecular weight excluding hydrogens is 477 g/mol. The zero-order chi connectivity index (χ0) is 26.1. The van der Waals surface area contributed by atoms with E-state index in [-0.39, 0.29) is 17.5 Å². The van der Waals surface area contributed by atoms with Crippen molar-refractivity contribution in [1.82, 2.24) is 19.9 Å². The van der Waals surface area contributed by atoms with Gasteiger partial charge in [0.25, 0.3) is 5.91 Å². The summed E-state index contributed by atoms with van der Waals surface area (Å²) in [5, 5.41) is 3.67. The summed E-state index contributed by atoms with van der Waals surface area (Å²) in [5.74, 6) is 6.36. The van der Waals surface area contributed by atoms with Crippen LogP contribution in [0.25, 0.3) is 22.0 Å². The summed E-state index contributed by atoms with van der Waals surface area (Å²) in [6, 6.07) is 12.6. The lowest BCUT2D eigenvalue weighted by molar-refractivity contribution is 0.102. The summed E-state index contributed by atoms with van der Waals surface area (Å²) < 4.78 is 15.5. The third kappa shape index (κ3) is 4.88. The van der Waals surface area contributed by atoms with E-state index in [1.807, 2.05) is 31.2 Å². The molecule has 7 heteroatoms. The number of anilines is 1. The van der Waals surface area contributed by atoms with Crippen molar-refractivity contribution in [2.45, 2.75) is 44.6 Å². The molecule has 0 bridgehead atoms. The highest BCUT2D eigenvalue weighted by atomic mass is 19.1. The Bertz CT molecular complexity index is 1590. The van der Waals surface area contributed by atoms with Gasteiger partial charge in [0.05, 0.1) is 12.1 Å². The summed E-state index contributed by atoms with van der Waals surface area (Å²) >= 11 is 0. The monoisotopic (exact) mass is 505 g/mol. The minimum atomic E-state index is -0.459. The van der Waals surface area contributed by atoms with Gasteiger partial charge in [0.15, 0.2) is 0 Å². The largest absolute Gasteiger partial charge is 0.307 e. The van der Waals surface area contributed by atoms with Gasteiger partial charge in [0, 0.05) is 34.9 Å². The highest BCUT2D eigenvalue weighted by Crippen LogP contribution is 2.40. The molecule has 0 radical (unpaired) electrons. The Morgan fingerprint density at radius 2 is 2.03 bits per heavy atom. The Morgan fingerprint density at radius 1 is 1.13 bits per heavy atom. The van der Waals surface area contributed by atoms with Crippen LogP contribution in [-0.2, 0) is 0 Å². The number of amides is 1. The Kier molecular flexibility index (Phi) is 6.57. The molecule has 1 atom stereocenters. The number of fused-ring (bicyclic) bond motifs is 1. The van der Waals surface area contributed by atoms with Gasteiger partial charge in [0.2, 0.25) is 0 Å². The fourth-order valence-electron chi connectivity index (χ4n) is 5.35. The van der Waals surface area contributed by atoms with Gasteiger partial charge < -0.3 is 5.32 Å². The predicted octanol–water partition coefficient (Wildman–Crippen LogP) is 6.12. The summed E-state index contributed by atoms with van der Waals surface area (Å²) in [6.45, 7) is 3.50. The van der Waals surface area contributed by atoms with Crippen LogP contribution in [0.3, 0.4) is 0 Å². The zero-order valence-corrected chi connectivity index (χ0v) is 21.2. The third-order valence-electron chi connectivity index (χ3n) is 7.43. The van der Waals surface area contributed by atoms with Crippen molar-refractivity contribution < 1.29 is 9.18 Å². The fourth-order valence-corrected chi connectivity index (χ4v) is 5.35. The quantitative estimate of drug-likeness (QED) is 0.320. The molecule has 1 saturated heterocycles. The van der Waals surface area contributed by atoms with Crippen molar-refractivity contribution in [1.29, 1.82) is 0 Å². The fraction of sp³-hybridized carbons (Fsp3) is 0.290. The molecule has 190 valence electrons. The topological polar surface area (TPSA) is 71.0 Å². The molecule has 1 unspecified atom stereocenters. The van der Waals surface area contributed by atoms with E-state index in [4.69, 9.17) is 0 Å². The summed E-state index contributed by atoms with van der Waals surface area (Å²) in [4.78, 5) is 28.3. The van der Waals surface area contributed by atoms with Crippen molar-refractivity contribution in [3.8, 4) is 23.0 Å². The first-order chi connectivity index (χ1) is 18.6. The van der Waals surface area contributed by atoms with Crippen LogP contribution in [0, 0.1) is 17.7 Å². The van der Waals surface area contributed by atoms with Crippen LogP contribution < -0.4 is 5.32 Å². The smallest absolute Gasteiger partial charge is 0.256 e. The molecule has 2 aromatic carbocycles. The minimum Gasteiger partial charge on any atom is -0.307 e. The molecule has 1 N–H and O–H groups in total. The van der Waals surface area contributed by atoms with Gasteiger partial charge in [-0.1, -0.05) is 12.0 Å². The summed E-state index contributed by atoms with van der Waals surface area (Å²) in [6.07, 6.45) is 9.42. The Morgan fingerprint density at radius 3 is 2.84 bits per heavy atom. The third-order valence-corrected chi connectivity index (χ3v) is 7.43. The number of benzene rings is 2. The molecule has 1 aliphatic heterocycles. The van der Waals surface area contributed by atoms with Gasteiger partial charge >= 0.3 is 0 Å². The first-order valence-corrected chi connectivity index (χ1v) is 13.1. The number of pyridine rings is 1. The number of nitrogens with zero attached hydrogens (tertiary/aromatic N) is 4. The molecular formula is C31H28FN5O. The maximum atomic E-state index is 15.5. The van der Waals surface area contributed by atoms with E-state index in [9.17, 15) is 4.79 Å². The first kappa shape index (κ1) is 24.2. The maximum absolute atomic E-state index is 15.5. The molecule has 6 nitrogen and oxygen atoms in total. The molecule has 0 spiro atoms. The number of aromatic nitrogens is 3. The average Bonchev–Trinajstić information content (AvgIpc) is 3.69. The van der Waals surface area contributed by atoms with E-state index in [0.29, 0.717) is 23.8 Å². The molecule has 4 aromatic rings. The van der Waals surface area contributed by atoms with E-state index >= 15 is 4.39 Å². The van der Waals surface area contributed by atoms with Crippen LogP contribution in [0.4, 0.5) is 10.2 Å². The van der Waals surface area contributed by atoms with E-state index in [1.165, 1.54) is 11.6 Å². The average molecular weight is 506 g/mol. The number of nitrogens with one attached hydrogen (secondary N) is 1. The maximum Gasteiger partial charge on any atom is 0.256 e. The molecule has 2 aliphatic rings. The highest BCUT2D eigenvalue weighted by Gasteiger charge is 2.28. The molecule has 2 aromatic heterocycles. The summed E-state index contributed by atoms with van der Waals surface area (Å²) in [5.41, 5.74) is 4.52. The van der Waals surface area contributed by atoms with Gasteiger partial charge in [-0.2, -0.15) is 0 Å². The molecule has 3 heterocycles. The lowest BCUT2D eigenvalue weighted by Gasteiger charge is -2.24. The van der Waals surface area contributed by atoms with Crippen LogP contribution in [0.2, 0.25) is 0 Å². The van der Waals surface area contributed by atoms with E-state index in [0.717, 1.165) is 54.3 Å². The second-order valence-corrected chi connectivity index (χ2v) is 9.98. The minimum absolute atomic E-state index is 0.153. The summed E-state index contributed by atoms with van der Waals surface area (Å²) in [7, 11) is 0. The van der Waals surface area contributed by atoms with Crippen LogP contribution in [-0.4, -0.2) is 38.8 Å². The van der Waals surface area contributed by atoms with Gasteiger partial charge in [-0.05, 0) is 98.2 Å². The Labute approximate surface area is 221 Å². The number of hydrogen-bond donors (Lipinski definition) is 1. The molecule has 1 aliphatic carbocycles. The Balaban J connectivity index is 1.31. The number of rotatable bonds is 6. The van der Waals surface area contributed by atoms with E-state index < -0.39 is 5.82 Å².